The summed E-state index contributed by atoms with van der Waals surface area (Å²) in [7, 11) is 0. The van der Waals surface area contributed by atoms with Gasteiger partial charge in [-0.1, -0.05) is 34.8 Å². The number of alkyl halides is 3. The number of hydrogen-bond donors (Lipinski definition) is 1. The van der Waals surface area contributed by atoms with Gasteiger partial charge in [0.15, 0.2) is 0 Å². The fraction of sp³-hybridized carbons (Fsp3) is 0.0714. The van der Waals surface area contributed by atoms with Crippen LogP contribution in [0, 0.1) is 5.82 Å². The van der Waals surface area contributed by atoms with E-state index in [2.05, 4.69) is 5.32 Å². The molecule has 0 aliphatic rings. The Kier molecular flexibility index (Phi) is 5.08. The Bertz CT molecular complexity index is 777. The molecule has 0 aliphatic carbocycles. The quantitative estimate of drug-likeness (QED) is 0.493. The Morgan fingerprint density at radius 2 is 1.57 bits per heavy atom. The Balaban J connectivity index is 2.29. The molecule has 0 radical (unpaired) electrons. The van der Waals surface area contributed by atoms with E-state index in [1.165, 1.54) is 12.1 Å². The molecule has 1 amide bonds. The zero-order valence-electron chi connectivity index (χ0n) is 10.9. The number of hydrogen-bond acceptors (Lipinski definition) is 1. The zero-order valence-corrected chi connectivity index (χ0v) is 13.2. The van der Waals surface area contributed by atoms with E-state index in [4.69, 9.17) is 34.8 Å². The topological polar surface area (TPSA) is 29.1 Å². The van der Waals surface area contributed by atoms with Crippen molar-refractivity contribution in [2.75, 3.05) is 5.32 Å². The normalized spacial score (nSPS) is 11.4. The Labute approximate surface area is 143 Å². The smallest absolute Gasteiger partial charge is 0.321 e. The van der Waals surface area contributed by atoms with Gasteiger partial charge in [0.2, 0.25) is 0 Å². The van der Waals surface area contributed by atoms with E-state index in [9.17, 15) is 22.4 Å². The molecular formula is C14H6Cl3F4NO. The number of benzene rings is 2. The molecule has 0 fully saturated rings. The fourth-order valence-corrected chi connectivity index (χ4v) is 2.29. The van der Waals surface area contributed by atoms with Gasteiger partial charge in [-0.15, -0.1) is 0 Å². The zero-order chi connectivity index (χ0) is 17.4. The molecule has 0 unspecified atom stereocenters. The summed E-state index contributed by atoms with van der Waals surface area (Å²) >= 11 is 17.4. The first-order valence-electron chi connectivity index (χ1n) is 5.92. The van der Waals surface area contributed by atoms with E-state index >= 15 is 0 Å². The molecule has 0 heterocycles. The first-order chi connectivity index (χ1) is 10.6. The second-order valence-corrected chi connectivity index (χ2v) is 5.61. The van der Waals surface area contributed by atoms with Crippen LogP contribution in [0.25, 0.3) is 0 Å². The van der Waals surface area contributed by atoms with Crippen molar-refractivity contribution in [2.45, 2.75) is 6.18 Å². The monoisotopic (exact) mass is 385 g/mol. The number of anilines is 1. The summed E-state index contributed by atoms with van der Waals surface area (Å²) in [6.45, 7) is 0. The SMILES string of the molecule is O=C(Nc1cc(Cl)c(Cl)cc1Cl)c1ccc(C(F)(F)F)c(F)c1. The van der Waals surface area contributed by atoms with Gasteiger partial charge in [0.05, 0.1) is 26.3 Å². The molecule has 0 spiro atoms. The minimum atomic E-state index is -4.84. The molecule has 2 rings (SSSR count). The van der Waals surface area contributed by atoms with Crippen molar-refractivity contribution in [1.82, 2.24) is 0 Å². The van der Waals surface area contributed by atoms with Gasteiger partial charge in [0.25, 0.3) is 5.91 Å². The van der Waals surface area contributed by atoms with Crippen molar-refractivity contribution >= 4 is 46.4 Å². The van der Waals surface area contributed by atoms with Crippen LogP contribution >= 0.6 is 34.8 Å². The van der Waals surface area contributed by atoms with Gasteiger partial charge in [-0.2, -0.15) is 13.2 Å². The van der Waals surface area contributed by atoms with E-state index in [0.717, 1.165) is 6.07 Å². The van der Waals surface area contributed by atoms with Crippen molar-refractivity contribution in [3.8, 4) is 0 Å². The number of carbonyl (C=O) groups excluding carboxylic acids is 1. The van der Waals surface area contributed by atoms with Crippen LogP contribution in [0.3, 0.4) is 0 Å². The molecule has 1 N–H and O–H groups in total. The maximum atomic E-state index is 13.5. The highest BCUT2D eigenvalue weighted by Gasteiger charge is 2.34. The lowest BCUT2D eigenvalue weighted by Gasteiger charge is -2.11. The fourth-order valence-electron chi connectivity index (χ4n) is 1.70. The van der Waals surface area contributed by atoms with Crippen LogP contribution in [0.4, 0.5) is 23.2 Å². The predicted molar refractivity (Wildman–Crippen MR) is 80.8 cm³/mol. The predicted octanol–water partition coefficient (Wildman–Crippen LogP) is 6.06. The van der Waals surface area contributed by atoms with Crippen LogP contribution in [0.1, 0.15) is 15.9 Å². The molecule has 2 nitrogen and oxygen atoms in total. The van der Waals surface area contributed by atoms with Crippen molar-refractivity contribution in [2.24, 2.45) is 0 Å². The maximum Gasteiger partial charge on any atom is 0.419 e. The second kappa shape index (κ2) is 6.55. The molecular weight excluding hydrogens is 381 g/mol. The van der Waals surface area contributed by atoms with E-state index in [1.807, 2.05) is 0 Å². The van der Waals surface area contributed by atoms with Crippen molar-refractivity contribution in [3.63, 3.8) is 0 Å². The largest absolute Gasteiger partial charge is 0.419 e. The summed E-state index contributed by atoms with van der Waals surface area (Å²) in [6.07, 6.45) is -4.84. The van der Waals surface area contributed by atoms with Gasteiger partial charge >= 0.3 is 6.18 Å². The highest BCUT2D eigenvalue weighted by molar-refractivity contribution is 6.44. The average molecular weight is 387 g/mol. The average Bonchev–Trinajstić information content (AvgIpc) is 2.43. The van der Waals surface area contributed by atoms with Crippen LogP contribution in [0.2, 0.25) is 15.1 Å². The van der Waals surface area contributed by atoms with E-state index < -0.39 is 23.5 Å². The van der Waals surface area contributed by atoms with Crippen LogP contribution in [0.15, 0.2) is 30.3 Å². The molecule has 0 atom stereocenters. The first kappa shape index (κ1) is 17.8. The Hall–Kier alpha value is -1.50. The summed E-state index contributed by atoms with van der Waals surface area (Å²) < 4.78 is 50.9. The molecule has 23 heavy (non-hydrogen) atoms. The third kappa shape index (κ3) is 4.07. The maximum absolute atomic E-state index is 13.5. The van der Waals surface area contributed by atoms with Crippen LogP contribution < -0.4 is 5.32 Å². The Morgan fingerprint density at radius 3 is 2.13 bits per heavy atom. The lowest BCUT2D eigenvalue weighted by atomic mass is 10.1. The first-order valence-corrected chi connectivity index (χ1v) is 7.05. The van der Waals surface area contributed by atoms with Crippen molar-refractivity contribution in [1.29, 1.82) is 0 Å². The molecule has 0 saturated carbocycles. The highest BCUT2D eigenvalue weighted by atomic mass is 35.5. The minimum absolute atomic E-state index is 0.0696. The summed E-state index contributed by atoms with van der Waals surface area (Å²) in [6, 6.07) is 4.38. The molecule has 0 aromatic heterocycles. The van der Waals surface area contributed by atoms with Crippen LogP contribution in [-0.4, -0.2) is 5.91 Å². The number of carbonyl (C=O) groups is 1. The molecule has 2 aromatic carbocycles. The third-order valence-electron chi connectivity index (χ3n) is 2.79. The summed E-state index contributed by atoms with van der Waals surface area (Å²) in [5, 5.41) is 2.67. The van der Waals surface area contributed by atoms with E-state index in [-0.39, 0.29) is 26.3 Å². The van der Waals surface area contributed by atoms with Gasteiger partial charge in [0.1, 0.15) is 5.82 Å². The lowest BCUT2D eigenvalue weighted by molar-refractivity contribution is -0.140. The summed E-state index contributed by atoms with van der Waals surface area (Å²) in [5.41, 5.74) is -1.68. The standard InChI is InChI=1S/C14H6Cl3F4NO/c15-8-4-10(17)12(5-9(8)16)22-13(23)6-1-2-7(11(18)3-6)14(19,20)21/h1-5H,(H,22,23). The Morgan fingerprint density at radius 1 is 0.957 bits per heavy atom. The van der Waals surface area contributed by atoms with Gasteiger partial charge in [-0.3, -0.25) is 4.79 Å². The molecule has 9 heteroatoms. The number of rotatable bonds is 2. The van der Waals surface area contributed by atoms with Crippen molar-refractivity contribution in [3.05, 3.63) is 62.3 Å². The molecule has 0 aliphatic heterocycles. The number of amides is 1. The number of nitrogens with one attached hydrogen (secondary N) is 1. The molecule has 0 saturated heterocycles. The van der Waals surface area contributed by atoms with Gasteiger partial charge in [-0.05, 0) is 30.3 Å². The molecule has 2 aromatic rings. The molecule has 0 bridgehead atoms. The van der Waals surface area contributed by atoms with E-state index in [0.29, 0.717) is 12.1 Å². The van der Waals surface area contributed by atoms with Gasteiger partial charge in [0, 0.05) is 5.56 Å². The summed E-state index contributed by atoms with van der Waals surface area (Å²) in [5.74, 6) is -2.40. The highest BCUT2D eigenvalue weighted by Crippen LogP contribution is 2.33. The van der Waals surface area contributed by atoms with Gasteiger partial charge < -0.3 is 5.32 Å². The van der Waals surface area contributed by atoms with Crippen LogP contribution in [-0.2, 0) is 6.18 Å². The van der Waals surface area contributed by atoms with Crippen LogP contribution in [0.5, 0.6) is 0 Å². The summed E-state index contributed by atoms with van der Waals surface area (Å²) in [4.78, 5) is 12.0. The van der Waals surface area contributed by atoms with Crippen molar-refractivity contribution < 1.29 is 22.4 Å². The second-order valence-electron chi connectivity index (χ2n) is 4.39. The molecule has 122 valence electrons. The lowest BCUT2D eigenvalue weighted by Crippen LogP contribution is -2.14. The minimum Gasteiger partial charge on any atom is -0.321 e. The van der Waals surface area contributed by atoms with Gasteiger partial charge in [-0.25, -0.2) is 4.39 Å². The number of halogens is 7. The van der Waals surface area contributed by atoms with E-state index in [1.54, 1.807) is 0 Å². The third-order valence-corrected chi connectivity index (χ3v) is 3.83.